The molecule has 0 aromatic heterocycles. The quantitative estimate of drug-likeness (QED) is 0.605. The predicted molar refractivity (Wildman–Crippen MR) is 106 cm³/mol. The summed E-state index contributed by atoms with van der Waals surface area (Å²) in [5.41, 5.74) is 1.16. The largest absolute Gasteiger partial charge is 0.369 e. The lowest BCUT2D eigenvalue weighted by Gasteiger charge is -2.39. The maximum atomic E-state index is 12.6. The van der Waals surface area contributed by atoms with Crippen molar-refractivity contribution < 1.29 is 9.72 Å². The number of thioether (sulfide) groups is 1. The maximum absolute atomic E-state index is 12.6. The molecule has 3 aliphatic rings. The molecule has 1 amide bonds. The van der Waals surface area contributed by atoms with Gasteiger partial charge in [0.2, 0.25) is 5.91 Å². The highest BCUT2D eigenvalue weighted by Crippen LogP contribution is 2.24. The van der Waals surface area contributed by atoms with Crippen LogP contribution in [-0.2, 0) is 4.79 Å². The normalized spacial score (nSPS) is 26.5. The number of piperazine rings is 1. The third-order valence-electron chi connectivity index (χ3n) is 5.73. The van der Waals surface area contributed by atoms with Gasteiger partial charge in [0.1, 0.15) is 0 Å². The van der Waals surface area contributed by atoms with Crippen LogP contribution in [0.15, 0.2) is 24.3 Å². The Labute approximate surface area is 163 Å². The topological polar surface area (TPSA) is 82.0 Å². The van der Waals surface area contributed by atoms with E-state index in [0.29, 0.717) is 6.04 Å². The highest BCUT2D eigenvalue weighted by molar-refractivity contribution is 7.99. The van der Waals surface area contributed by atoms with Crippen molar-refractivity contribution in [2.24, 2.45) is 0 Å². The Morgan fingerprint density at radius 3 is 2.52 bits per heavy atom. The number of rotatable bonds is 4. The summed E-state index contributed by atoms with van der Waals surface area (Å²) in [4.78, 5) is 29.7. The zero-order chi connectivity index (χ0) is 18.8. The summed E-state index contributed by atoms with van der Waals surface area (Å²) >= 11 is 1.82. The molecule has 3 aliphatic heterocycles. The van der Waals surface area contributed by atoms with Gasteiger partial charge in [0.25, 0.3) is 5.69 Å². The second-order valence-corrected chi connectivity index (χ2v) is 8.36. The first-order chi connectivity index (χ1) is 13.1. The lowest BCUT2D eigenvalue weighted by molar-refractivity contribution is -0.384. The number of non-ortho nitro benzene ring substituents is 1. The molecule has 1 aromatic rings. The Hall–Kier alpha value is -1.84. The van der Waals surface area contributed by atoms with Crippen molar-refractivity contribution in [2.75, 3.05) is 55.8 Å². The van der Waals surface area contributed by atoms with Gasteiger partial charge in [-0.3, -0.25) is 19.8 Å². The Balaban J connectivity index is 1.28. The van der Waals surface area contributed by atoms with Crippen LogP contribution in [-0.4, -0.2) is 83.6 Å². The molecular weight excluding hydrogens is 366 g/mol. The number of amides is 1. The van der Waals surface area contributed by atoms with Crippen molar-refractivity contribution in [3.8, 4) is 0 Å². The molecular formula is C18H25N5O3S. The minimum absolute atomic E-state index is 0.0404. The number of nitrogens with one attached hydrogen (secondary N) is 1. The van der Waals surface area contributed by atoms with Crippen molar-refractivity contribution in [1.29, 1.82) is 0 Å². The first-order valence-electron chi connectivity index (χ1n) is 9.45. The molecule has 0 radical (unpaired) electrons. The van der Waals surface area contributed by atoms with E-state index in [1.807, 2.05) is 28.8 Å². The summed E-state index contributed by atoms with van der Waals surface area (Å²) in [5.74, 6) is 2.13. The summed E-state index contributed by atoms with van der Waals surface area (Å²) in [6, 6.07) is 7.15. The fraction of sp³-hybridized carbons (Fsp3) is 0.611. The summed E-state index contributed by atoms with van der Waals surface area (Å²) < 4.78 is 0. The molecule has 0 saturated carbocycles. The molecule has 8 nitrogen and oxygen atoms in total. The highest BCUT2D eigenvalue weighted by atomic mass is 32.2. The zero-order valence-corrected chi connectivity index (χ0v) is 16.1. The molecule has 0 bridgehead atoms. The molecule has 0 aliphatic carbocycles. The zero-order valence-electron chi connectivity index (χ0n) is 15.2. The second-order valence-electron chi connectivity index (χ2n) is 7.29. The van der Waals surface area contributed by atoms with E-state index in [0.717, 1.165) is 63.0 Å². The molecule has 27 heavy (non-hydrogen) atoms. The maximum Gasteiger partial charge on any atom is 0.269 e. The predicted octanol–water partition coefficient (Wildman–Crippen LogP) is 0.980. The van der Waals surface area contributed by atoms with Crippen LogP contribution in [0.2, 0.25) is 0 Å². The molecule has 146 valence electrons. The molecule has 0 unspecified atom stereocenters. The Bertz CT molecular complexity index is 687. The Morgan fingerprint density at radius 1 is 1.15 bits per heavy atom. The van der Waals surface area contributed by atoms with Gasteiger partial charge in [-0.25, -0.2) is 0 Å². The average Bonchev–Trinajstić information content (AvgIpc) is 3.40. The first kappa shape index (κ1) is 18.5. The molecule has 9 heteroatoms. The van der Waals surface area contributed by atoms with Crippen molar-refractivity contribution in [1.82, 2.24) is 15.1 Å². The van der Waals surface area contributed by atoms with E-state index in [-0.39, 0.29) is 22.6 Å². The number of carbonyl (C=O) groups is 1. The smallest absolute Gasteiger partial charge is 0.269 e. The van der Waals surface area contributed by atoms with Crippen molar-refractivity contribution in [3.05, 3.63) is 34.4 Å². The van der Waals surface area contributed by atoms with Crippen molar-refractivity contribution in [2.45, 2.75) is 18.5 Å². The van der Waals surface area contributed by atoms with Gasteiger partial charge in [0.15, 0.2) is 0 Å². The van der Waals surface area contributed by atoms with Crippen LogP contribution in [0.3, 0.4) is 0 Å². The second kappa shape index (κ2) is 8.04. The lowest BCUT2D eigenvalue weighted by Crippen LogP contribution is -2.51. The van der Waals surface area contributed by atoms with Crippen LogP contribution in [0.4, 0.5) is 11.4 Å². The van der Waals surface area contributed by atoms with E-state index in [1.165, 1.54) is 0 Å². The minimum Gasteiger partial charge on any atom is -0.369 e. The van der Waals surface area contributed by atoms with Gasteiger partial charge < -0.3 is 15.1 Å². The van der Waals surface area contributed by atoms with Gasteiger partial charge in [-0.15, -0.1) is 11.8 Å². The third kappa shape index (κ3) is 4.04. The van der Waals surface area contributed by atoms with Crippen molar-refractivity contribution >= 4 is 29.0 Å². The standard InChI is InChI=1S/C18H25N5O3S/c24-18(22-9-10-27-13-22)17-11-16(12-19-17)21-7-5-20(6-8-21)14-1-3-15(4-2-14)23(25)26/h1-4,16-17,19H,5-13H2/t16-,17+/m1/s1. The fourth-order valence-electron chi connectivity index (χ4n) is 4.12. The van der Waals surface area contributed by atoms with Crippen molar-refractivity contribution in [3.63, 3.8) is 0 Å². The van der Waals surface area contributed by atoms with E-state index in [2.05, 4.69) is 15.1 Å². The first-order valence-corrected chi connectivity index (χ1v) is 10.6. The van der Waals surface area contributed by atoms with Crippen LogP contribution in [0, 0.1) is 10.1 Å². The van der Waals surface area contributed by atoms with E-state index < -0.39 is 0 Å². The summed E-state index contributed by atoms with van der Waals surface area (Å²) in [7, 11) is 0. The number of hydrogen-bond donors (Lipinski definition) is 1. The molecule has 4 rings (SSSR count). The molecule has 1 aromatic carbocycles. The fourth-order valence-corrected chi connectivity index (χ4v) is 5.08. The molecule has 3 fully saturated rings. The minimum atomic E-state index is -0.368. The van der Waals surface area contributed by atoms with Gasteiger partial charge in [-0.1, -0.05) is 0 Å². The number of benzene rings is 1. The van der Waals surface area contributed by atoms with E-state index in [9.17, 15) is 14.9 Å². The SMILES string of the molecule is O=C([C@@H]1C[C@@H](N2CCN(c3ccc([N+](=O)[O-])cc3)CC2)CN1)N1CCSC1. The van der Waals surface area contributed by atoms with E-state index >= 15 is 0 Å². The molecule has 3 heterocycles. The number of hydrogen-bond acceptors (Lipinski definition) is 7. The van der Waals surface area contributed by atoms with Gasteiger partial charge in [-0.05, 0) is 18.6 Å². The number of nitro groups is 1. The van der Waals surface area contributed by atoms with Gasteiger partial charge in [-0.2, -0.15) is 0 Å². The summed E-state index contributed by atoms with van der Waals surface area (Å²) in [5, 5.41) is 14.2. The van der Waals surface area contributed by atoms with Gasteiger partial charge >= 0.3 is 0 Å². The number of nitro benzene ring substituents is 1. The highest BCUT2D eigenvalue weighted by Gasteiger charge is 2.36. The summed E-state index contributed by atoms with van der Waals surface area (Å²) in [6.45, 7) is 5.44. The third-order valence-corrected chi connectivity index (χ3v) is 6.69. The average molecular weight is 391 g/mol. The molecule has 0 spiro atoms. The van der Waals surface area contributed by atoms with Crippen LogP contribution >= 0.6 is 11.8 Å². The van der Waals surface area contributed by atoms with Gasteiger partial charge in [0, 0.05) is 68.9 Å². The molecule has 3 saturated heterocycles. The Kier molecular flexibility index (Phi) is 5.51. The van der Waals surface area contributed by atoms with Crippen LogP contribution in [0.25, 0.3) is 0 Å². The summed E-state index contributed by atoms with van der Waals surface area (Å²) in [6.07, 6.45) is 0.886. The van der Waals surface area contributed by atoms with E-state index in [1.54, 1.807) is 12.1 Å². The van der Waals surface area contributed by atoms with Crippen LogP contribution in [0.1, 0.15) is 6.42 Å². The van der Waals surface area contributed by atoms with Crippen LogP contribution < -0.4 is 10.2 Å². The lowest BCUT2D eigenvalue weighted by atomic mass is 10.1. The molecule has 1 N–H and O–H groups in total. The van der Waals surface area contributed by atoms with Crippen LogP contribution in [0.5, 0.6) is 0 Å². The van der Waals surface area contributed by atoms with E-state index in [4.69, 9.17) is 0 Å². The number of anilines is 1. The molecule has 2 atom stereocenters. The number of nitrogens with zero attached hydrogens (tertiary/aromatic N) is 4. The Morgan fingerprint density at radius 2 is 1.89 bits per heavy atom. The monoisotopic (exact) mass is 391 g/mol. The van der Waals surface area contributed by atoms with Gasteiger partial charge in [0.05, 0.1) is 16.8 Å². The number of carbonyl (C=O) groups excluding carboxylic acids is 1.